The Labute approximate surface area is 160 Å². The largest absolute Gasteiger partial charge is 0.324 e. The molecule has 0 saturated heterocycles. The highest BCUT2D eigenvalue weighted by Gasteiger charge is 2.40. The fourth-order valence-corrected chi connectivity index (χ4v) is 6.00. The molecule has 6 nitrogen and oxygen atoms in total. The van der Waals surface area contributed by atoms with Crippen molar-refractivity contribution in [2.75, 3.05) is 16.7 Å². The number of rotatable bonds is 4. The monoisotopic (exact) mass is 376 g/mol. The van der Waals surface area contributed by atoms with E-state index in [9.17, 15) is 0 Å². The molecule has 2 heterocycles. The van der Waals surface area contributed by atoms with E-state index in [4.69, 9.17) is 10.5 Å². The van der Waals surface area contributed by atoms with Crippen LogP contribution in [0.5, 0.6) is 0 Å². The predicted molar refractivity (Wildman–Crippen MR) is 108 cm³/mol. The first-order chi connectivity index (χ1) is 13.1. The van der Waals surface area contributed by atoms with Crippen molar-refractivity contribution in [3.63, 3.8) is 0 Å². The molecule has 1 aromatic heterocycles. The van der Waals surface area contributed by atoms with E-state index in [0.717, 1.165) is 48.4 Å². The molecule has 136 valence electrons. The lowest BCUT2D eigenvalue weighted by Gasteiger charge is -2.30. The lowest BCUT2D eigenvalue weighted by atomic mass is 9.90. The maximum atomic E-state index is 9.08. The first kappa shape index (κ1) is 17.7. The van der Waals surface area contributed by atoms with E-state index >= 15 is 0 Å². The molecular weight excluding hydrogens is 355 g/mol. The van der Waals surface area contributed by atoms with Gasteiger partial charge in [-0.25, -0.2) is 4.98 Å². The van der Waals surface area contributed by atoms with E-state index in [1.807, 2.05) is 25.3 Å². The molecular formula is C20H21N6P. The number of anilines is 4. The molecule has 2 aromatic rings. The summed E-state index contributed by atoms with van der Waals surface area (Å²) < 4.78 is 2.33. The number of nitrogens with zero attached hydrogens (tertiary/aromatic N) is 5. The Kier molecular flexibility index (Phi) is 4.68. The highest BCUT2D eigenvalue weighted by atomic mass is 31.1. The molecule has 1 atom stereocenters. The van der Waals surface area contributed by atoms with E-state index < -0.39 is 0 Å². The lowest BCUT2D eigenvalue weighted by molar-refractivity contribution is 0.433. The van der Waals surface area contributed by atoms with Crippen molar-refractivity contribution >= 4 is 31.2 Å². The highest BCUT2D eigenvalue weighted by molar-refractivity contribution is 7.60. The molecule has 0 bridgehead atoms. The van der Waals surface area contributed by atoms with Gasteiger partial charge in [-0.2, -0.15) is 15.5 Å². The number of fused-ring (bicyclic) bond motifs is 1. The SMILES string of the molecule is Cc1cc(C#N)ccc1Nc1ncc2c(n1)N2P(C)C1CCC(C#N)CC1. The van der Waals surface area contributed by atoms with Crippen molar-refractivity contribution in [1.82, 2.24) is 9.97 Å². The minimum atomic E-state index is -0.324. The van der Waals surface area contributed by atoms with E-state index in [2.05, 4.69) is 38.8 Å². The topological polar surface area (TPSA) is 88.4 Å². The Hall–Kier alpha value is -2.69. The highest BCUT2D eigenvalue weighted by Crippen LogP contribution is 2.64. The van der Waals surface area contributed by atoms with Gasteiger partial charge in [-0.1, -0.05) is 0 Å². The summed E-state index contributed by atoms with van der Waals surface area (Å²) in [6.45, 7) is 4.28. The normalized spacial score (nSPS) is 21.6. The number of aromatic nitrogens is 2. The molecule has 1 aliphatic carbocycles. The van der Waals surface area contributed by atoms with Crippen LogP contribution in [0.25, 0.3) is 0 Å². The van der Waals surface area contributed by atoms with Crippen LogP contribution in [0.2, 0.25) is 0 Å². The van der Waals surface area contributed by atoms with Crippen LogP contribution in [0.15, 0.2) is 24.4 Å². The number of aryl methyl sites for hydroxylation is 1. The minimum Gasteiger partial charge on any atom is -0.324 e. The summed E-state index contributed by atoms with van der Waals surface area (Å²) in [5.74, 6) is 1.85. The average molecular weight is 376 g/mol. The van der Waals surface area contributed by atoms with Crippen LogP contribution in [0, 0.1) is 35.5 Å². The van der Waals surface area contributed by atoms with E-state index in [0.29, 0.717) is 17.2 Å². The fraction of sp³-hybridized carbons (Fsp3) is 0.400. The molecule has 1 aliphatic heterocycles. The standard InChI is InChI=1S/C20H21N6P/c1-13-9-15(11-22)5-8-17(13)24-20-23-12-18-19(25-20)26(18)27(2)16-6-3-14(10-21)4-7-16/h5,8-9,12,14,16H,3-4,6-7H2,1-2H3,(H,23,24,25). The van der Waals surface area contributed by atoms with Gasteiger partial charge in [-0.3, -0.25) is 4.67 Å². The van der Waals surface area contributed by atoms with Crippen molar-refractivity contribution in [2.24, 2.45) is 5.92 Å². The fourth-order valence-electron chi connectivity index (χ4n) is 3.74. The zero-order chi connectivity index (χ0) is 19.0. The summed E-state index contributed by atoms with van der Waals surface area (Å²) >= 11 is 0. The molecule has 4 rings (SSSR count). The average Bonchev–Trinajstić information content (AvgIpc) is 3.42. The number of nitrogens with one attached hydrogen (secondary N) is 1. The van der Waals surface area contributed by atoms with Crippen molar-refractivity contribution in [3.8, 4) is 12.1 Å². The van der Waals surface area contributed by atoms with Crippen LogP contribution in [-0.4, -0.2) is 22.3 Å². The van der Waals surface area contributed by atoms with Gasteiger partial charge in [0.2, 0.25) is 5.95 Å². The number of hydrogen-bond donors (Lipinski definition) is 1. The Morgan fingerprint density at radius 2 is 2.00 bits per heavy atom. The summed E-state index contributed by atoms with van der Waals surface area (Å²) in [7, 11) is -0.324. The summed E-state index contributed by atoms with van der Waals surface area (Å²) in [4.78, 5) is 9.13. The van der Waals surface area contributed by atoms with Crippen LogP contribution in [-0.2, 0) is 0 Å². The predicted octanol–water partition coefficient (Wildman–Crippen LogP) is 4.96. The van der Waals surface area contributed by atoms with Crippen molar-refractivity contribution < 1.29 is 0 Å². The third-order valence-corrected chi connectivity index (χ3v) is 8.06. The van der Waals surface area contributed by atoms with Crippen molar-refractivity contribution in [1.29, 1.82) is 10.5 Å². The minimum absolute atomic E-state index is 0.243. The van der Waals surface area contributed by atoms with Gasteiger partial charge >= 0.3 is 0 Å². The molecule has 0 spiro atoms. The van der Waals surface area contributed by atoms with Crippen LogP contribution in [0.4, 0.5) is 23.1 Å². The molecule has 0 amide bonds. The molecule has 1 unspecified atom stereocenters. The van der Waals surface area contributed by atoms with E-state index in [1.54, 1.807) is 6.07 Å². The van der Waals surface area contributed by atoms with Gasteiger partial charge in [-0.05, 0) is 76.8 Å². The molecule has 1 fully saturated rings. The number of nitriles is 2. The maximum absolute atomic E-state index is 9.08. The van der Waals surface area contributed by atoms with Gasteiger partial charge in [-0.15, -0.1) is 0 Å². The zero-order valence-corrected chi connectivity index (χ0v) is 16.4. The van der Waals surface area contributed by atoms with Gasteiger partial charge in [0, 0.05) is 11.6 Å². The second-order valence-electron chi connectivity index (χ2n) is 7.19. The van der Waals surface area contributed by atoms with Gasteiger partial charge in [0.05, 0.1) is 23.9 Å². The molecule has 2 aliphatic rings. The van der Waals surface area contributed by atoms with E-state index in [-0.39, 0.29) is 14.0 Å². The summed E-state index contributed by atoms with van der Waals surface area (Å²) in [6.07, 6.45) is 6.20. The second kappa shape index (κ2) is 7.14. The number of benzene rings is 1. The molecule has 0 radical (unpaired) electrons. The Bertz CT molecular complexity index is 952. The van der Waals surface area contributed by atoms with Crippen molar-refractivity contribution in [3.05, 3.63) is 35.5 Å². The second-order valence-corrected chi connectivity index (χ2v) is 9.47. The van der Waals surface area contributed by atoms with Gasteiger partial charge in [0.1, 0.15) is 5.69 Å². The van der Waals surface area contributed by atoms with Crippen LogP contribution >= 0.6 is 8.07 Å². The zero-order valence-electron chi connectivity index (χ0n) is 15.5. The number of hydrogen-bond acceptors (Lipinski definition) is 6. The molecule has 27 heavy (non-hydrogen) atoms. The van der Waals surface area contributed by atoms with Gasteiger partial charge in [0.25, 0.3) is 0 Å². The molecule has 7 heteroatoms. The molecule has 1 aromatic carbocycles. The van der Waals surface area contributed by atoms with Crippen LogP contribution < -0.4 is 9.99 Å². The third kappa shape index (κ3) is 3.46. The summed E-state index contributed by atoms with van der Waals surface area (Å²) in [5, 5.41) is 21.3. The summed E-state index contributed by atoms with van der Waals surface area (Å²) in [5.41, 5.74) is 4.35. The Morgan fingerprint density at radius 1 is 1.22 bits per heavy atom. The van der Waals surface area contributed by atoms with Crippen LogP contribution in [0.3, 0.4) is 0 Å². The molecule has 1 N–H and O–H groups in total. The Balaban J connectivity index is 1.43. The third-order valence-electron chi connectivity index (χ3n) is 5.45. The summed E-state index contributed by atoms with van der Waals surface area (Å²) in [6, 6.07) is 10.1. The molecule has 1 saturated carbocycles. The van der Waals surface area contributed by atoms with Gasteiger partial charge < -0.3 is 5.32 Å². The van der Waals surface area contributed by atoms with Crippen LogP contribution in [0.1, 0.15) is 36.8 Å². The first-order valence-electron chi connectivity index (χ1n) is 9.18. The quantitative estimate of drug-likeness (QED) is 0.599. The smallest absolute Gasteiger partial charge is 0.229 e. The Morgan fingerprint density at radius 3 is 2.67 bits per heavy atom. The van der Waals surface area contributed by atoms with E-state index in [1.165, 1.54) is 0 Å². The first-order valence-corrected chi connectivity index (χ1v) is 11.0. The van der Waals surface area contributed by atoms with Gasteiger partial charge in [0.15, 0.2) is 5.82 Å². The van der Waals surface area contributed by atoms with Crippen molar-refractivity contribution in [2.45, 2.75) is 38.3 Å². The lowest BCUT2D eigenvalue weighted by Crippen LogP contribution is -2.19. The maximum Gasteiger partial charge on any atom is 0.229 e.